The number of carbonyl (C=O) groups is 1. The van der Waals surface area contributed by atoms with Crippen molar-refractivity contribution in [2.24, 2.45) is 0 Å². The van der Waals surface area contributed by atoms with Crippen molar-refractivity contribution in [3.05, 3.63) is 29.1 Å². The number of benzene rings is 1. The Labute approximate surface area is 154 Å². The number of thiazole rings is 1. The molecule has 140 valence electrons. The number of hydrogen-bond acceptors (Lipinski definition) is 8. The Bertz CT molecular complexity index is 907. The maximum absolute atomic E-state index is 12.6. The van der Waals surface area contributed by atoms with Gasteiger partial charge in [0.25, 0.3) is 10.0 Å². The van der Waals surface area contributed by atoms with E-state index in [4.69, 9.17) is 9.84 Å². The van der Waals surface area contributed by atoms with E-state index in [9.17, 15) is 13.2 Å². The van der Waals surface area contributed by atoms with Gasteiger partial charge in [-0.3, -0.25) is 4.72 Å². The molecule has 0 bridgehead atoms. The second-order valence-corrected chi connectivity index (χ2v) is 8.00. The first-order chi connectivity index (χ1) is 12.4. The molecule has 1 fully saturated rings. The van der Waals surface area contributed by atoms with Gasteiger partial charge in [0.2, 0.25) is 0 Å². The highest BCUT2D eigenvalue weighted by molar-refractivity contribution is 7.92. The van der Waals surface area contributed by atoms with E-state index in [2.05, 4.69) is 15.0 Å². The minimum absolute atomic E-state index is 0.000509. The van der Waals surface area contributed by atoms with Crippen LogP contribution in [-0.4, -0.2) is 57.8 Å². The number of nitrogens with zero attached hydrogens (tertiary/aromatic N) is 2. The summed E-state index contributed by atoms with van der Waals surface area (Å²) >= 11 is 1.27. The fourth-order valence-electron chi connectivity index (χ4n) is 2.48. The van der Waals surface area contributed by atoms with Crippen LogP contribution in [0.5, 0.6) is 5.75 Å². The summed E-state index contributed by atoms with van der Waals surface area (Å²) < 4.78 is 32.7. The molecule has 0 aliphatic carbocycles. The van der Waals surface area contributed by atoms with E-state index < -0.39 is 16.0 Å². The molecule has 2 aromatic rings. The van der Waals surface area contributed by atoms with Crippen LogP contribution < -0.4 is 19.7 Å². The molecule has 0 saturated carbocycles. The number of nitrogens with one attached hydrogen (secondary N) is 2. The molecular formula is C15H18N4O5S2. The minimum Gasteiger partial charge on any atom is -0.495 e. The molecular weight excluding hydrogens is 380 g/mol. The number of hydrogen-bond donors (Lipinski definition) is 3. The zero-order valence-corrected chi connectivity index (χ0v) is 15.6. The van der Waals surface area contributed by atoms with Crippen molar-refractivity contribution < 1.29 is 23.1 Å². The maximum Gasteiger partial charge on any atom is 0.335 e. The zero-order valence-electron chi connectivity index (χ0n) is 13.9. The molecule has 1 aromatic carbocycles. The number of aromatic carboxylic acids is 1. The van der Waals surface area contributed by atoms with Gasteiger partial charge in [0, 0.05) is 31.6 Å². The first-order valence-corrected chi connectivity index (χ1v) is 10.1. The third-order valence-electron chi connectivity index (χ3n) is 3.83. The number of carboxylic acids is 1. The van der Waals surface area contributed by atoms with Gasteiger partial charge < -0.3 is 20.1 Å². The number of ether oxygens (including phenoxy) is 1. The number of rotatable bonds is 6. The standard InChI is InChI=1S/C15H18N4O5S2/c1-24-12-8-10(14(20)21)2-3-11(12)18-26(22,23)13-9-25-15(17-13)19-6-4-16-5-7-19/h2-3,8-9,16,18H,4-7H2,1H3,(H,20,21). The van der Waals surface area contributed by atoms with Crippen LogP contribution in [0.1, 0.15) is 10.4 Å². The van der Waals surface area contributed by atoms with E-state index >= 15 is 0 Å². The van der Waals surface area contributed by atoms with Crippen LogP contribution in [0.15, 0.2) is 28.6 Å². The van der Waals surface area contributed by atoms with Gasteiger partial charge in [-0.05, 0) is 18.2 Å². The highest BCUT2D eigenvalue weighted by Gasteiger charge is 2.23. The summed E-state index contributed by atoms with van der Waals surface area (Å²) in [6.45, 7) is 3.19. The fourth-order valence-corrected chi connectivity index (χ4v) is 4.70. The van der Waals surface area contributed by atoms with Gasteiger partial charge in [0.05, 0.1) is 18.4 Å². The normalized spacial score (nSPS) is 14.9. The molecule has 0 spiro atoms. The van der Waals surface area contributed by atoms with E-state index in [0.29, 0.717) is 5.13 Å². The predicted octanol–water partition coefficient (Wildman–Crippen LogP) is 1.06. The van der Waals surface area contributed by atoms with Gasteiger partial charge >= 0.3 is 5.97 Å². The first kappa shape index (κ1) is 18.4. The molecule has 3 rings (SSSR count). The van der Waals surface area contributed by atoms with Crippen LogP contribution in [0.25, 0.3) is 0 Å². The molecule has 3 N–H and O–H groups in total. The van der Waals surface area contributed by atoms with E-state index in [-0.39, 0.29) is 22.0 Å². The summed E-state index contributed by atoms with van der Waals surface area (Å²) in [5, 5.41) is 14.3. The van der Waals surface area contributed by atoms with Crippen molar-refractivity contribution >= 4 is 38.1 Å². The van der Waals surface area contributed by atoms with E-state index in [1.165, 1.54) is 42.0 Å². The van der Waals surface area contributed by atoms with Crippen LogP contribution in [0, 0.1) is 0 Å². The SMILES string of the molecule is COc1cc(C(=O)O)ccc1NS(=O)(=O)c1csc(N2CCNCC2)n1. The van der Waals surface area contributed by atoms with Crippen molar-refractivity contribution in [2.75, 3.05) is 42.9 Å². The van der Waals surface area contributed by atoms with Gasteiger partial charge in [0.1, 0.15) is 5.75 Å². The molecule has 1 aliphatic rings. The smallest absolute Gasteiger partial charge is 0.335 e. The van der Waals surface area contributed by atoms with Gasteiger partial charge in [-0.2, -0.15) is 8.42 Å². The fraction of sp³-hybridized carbons (Fsp3) is 0.333. The molecule has 9 nitrogen and oxygen atoms in total. The summed E-state index contributed by atoms with van der Waals surface area (Å²) in [6, 6.07) is 3.91. The lowest BCUT2D eigenvalue weighted by Gasteiger charge is -2.26. The number of methoxy groups -OCH3 is 1. The van der Waals surface area contributed by atoms with Crippen molar-refractivity contribution in [3.63, 3.8) is 0 Å². The number of anilines is 2. The minimum atomic E-state index is -3.92. The second-order valence-electron chi connectivity index (χ2n) is 5.53. The summed E-state index contributed by atoms with van der Waals surface area (Å²) in [7, 11) is -2.58. The molecule has 0 atom stereocenters. The zero-order chi connectivity index (χ0) is 18.7. The Morgan fingerprint density at radius 1 is 1.38 bits per heavy atom. The number of carboxylic acid groups (broad SMARTS) is 1. The average Bonchev–Trinajstić information content (AvgIpc) is 3.13. The summed E-state index contributed by atoms with van der Waals surface area (Å²) in [5.41, 5.74) is 0.147. The van der Waals surface area contributed by atoms with Gasteiger partial charge in [-0.15, -0.1) is 11.3 Å². The maximum atomic E-state index is 12.6. The van der Waals surface area contributed by atoms with Crippen LogP contribution in [0.2, 0.25) is 0 Å². The number of sulfonamides is 1. The van der Waals surface area contributed by atoms with Crippen LogP contribution in [0.3, 0.4) is 0 Å². The summed E-state index contributed by atoms with van der Waals surface area (Å²) in [6.07, 6.45) is 0. The Morgan fingerprint density at radius 2 is 2.12 bits per heavy atom. The summed E-state index contributed by atoms with van der Waals surface area (Å²) in [4.78, 5) is 17.3. The lowest BCUT2D eigenvalue weighted by molar-refractivity contribution is 0.0696. The molecule has 11 heteroatoms. The average molecular weight is 398 g/mol. The Kier molecular flexibility index (Phi) is 5.30. The van der Waals surface area contributed by atoms with Crippen molar-refractivity contribution in [2.45, 2.75) is 5.03 Å². The molecule has 0 amide bonds. The van der Waals surface area contributed by atoms with E-state index in [1.54, 1.807) is 0 Å². The predicted molar refractivity (Wildman–Crippen MR) is 98.0 cm³/mol. The highest BCUT2D eigenvalue weighted by Crippen LogP contribution is 2.29. The molecule has 1 aromatic heterocycles. The van der Waals surface area contributed by atoms with Gasteiger partial charge in [0.15, 0.2) is 10.2 Å². The van der Waals surface area contributed by atoms with E-state index in [1.807, 2.05) is 4.90 Å². The van der Waals surface area contributed by atoms with Gasteiger partial charge in [-0.25, -0.2) is 9.78 Å². The Morgan fingerprint density at radius 3 is 2.77 bits per heavy atom. The van der Waals surface area contributed by atoms with Crippen molar-refractivity contribution in [3.8, 4) is 5.75 Å². The largest absolute Gasteiger partial charge is 0.495 e. The molecule has 2 heterocycles. The Balaban J connectivity index is 1.83. The molecule has 1 saturated heterocycles. The third kappa shape index (κ3) is 3.89. The third-order valence-corrected chi connectivity index (χ3v) is 6.13. The van der Waals surface area contributed by atoms with E-state index in [0.717, 1.165) is 26.2 Å². The van der Waals surface area contributed by atoms with Crippen molar-refractivity contribution in [1.82, 2.24) is 10.3 Å². The van der Waals surface area contributed by atoms with Crippen molar-refractivity contribution in [1.29, 1.82) is 0 Å². The van der Waals surface area contributed by atoms with Gasteiger partial charge in [-0.1, -0.05) is 0 Å². The molecule has 0 radical (unpaired) electrons. The number of piperazine rings is 1. The Hall–Kier alpha value is -2.37. The number of aromatic nitrogens is 1. The van der Waals surface area contributed by atoms with Crippen LogP contribution in [0.4, 0.5) is 10.8 Å². The monoisotopic (exact) mass is 398 g/mol. The highest BCUT2D eigenvalue weighted by atomic mass is 32.2. The second kappa shape index (κ2) is 7.48. The molecule has 0 unspecified atom stereocenters. The first-order valence-electron chi connectivity index (χ1n) is 7.76. The molecule has 26 heavy (non-hydrogen) atoms. The lowest BCUT2D eigenvalue weighted by Crippen LogP contribution is -2.43. The summed E-state index contributed by atoms with van der Waals surface area (Å²) in [5.74, 6) is -1.01. The quantitative estimate of drug-likeness (QED) is 0.661. The van der Waals surface area contributed by atoms with Crippen LogP contribution in [-0.2, 0) is 10.0 Å². The van der Waals surface area contributed by atoms with Crippen LogP contribution >= 0.6 is 11.3 Å². The lowest BCUT2D eigenvalue weighted by atomic mass is 10.2. The molecule has 1 aliphatic heterocycles. The topological polar surface area (TPSA) is 121 Å².